The molecule has 0 spiro atoms. The molecule has 1 aromatic rings. The number of rotatable bonds is 3. The van der Waals surface area contributed by atoms with Gasteiger partial charge in [0.05, 0.1) is 0 Å². The number of ketones is 1. The third-order valence-electron chi connectivity index (χ3n) is 3.00. The molecule has 21 heavy (non-hydrogen) atoms. The summed E-state index contributed by atoms with van der Waals surface area (Å²) >= 11 is 0. The first-order valence-corrected chi connectivity index (χ1v) is 6.19. The number of ether oxygens (including phenoxy) is 2. The molecule has 1 saturated heterocycles. The summed E-state index contributed by atoms with van der Waals surface area (Å²) in [5, 5.41) is 9.96. The van der Waals surface area contributed by atoms with E-state index in [1.54, 1.807) is 0 Å². The summed E-state index contributed by atoms with van der Waals surface area (Å²) in [5.74, 6) is -1.79. The zero-order chi connectivity index (χ0) is 15.8. The van der Waals surface area contributed by atoms with Crippen LogP contribution in [0.2, 0.25) is 0 Å². The number of hydrogen-bond donors (Lipinski definition) is 2. The van der Waals surface area contributed by atoms with E-state index >= 15 is 0 Å². The fourth-order valence-corrected chi connectivity index (χ4v) is 1.92. The molecule has 0 aliphatic carbocycles. The smallest absolute Gasteiger partial charge is 0.330 e. The Morgan fingerprint density at radius 1 is 1.48 bits per heavy atom. The minimum absolute atomic E-state index is 0.331. The van der Waals surface area contributed by atoms with Crippen molar-refractivity contribution >= 4 is 5.78 Å². The lowest BCUT2D eigenvalue weighted by Gasteiger charge is -2.37. The lowest BCUT2D eigenvalue weighted by Crippen LogP contribution is -2.53. The molecule has 116 valence electrons. The predicted molar refractivity (Wildman–Crippen MR) is 67.4 cm³/mol. The van der Waals surface area contributed by atoms with Crippen molar-refractivity contribution in [3.63, 3.8) is 0 Å². The average Bonchev–Trinajstić information content (AvgIpc) is 2.40. The number of aromatic amines is 1. The van der Waals surface area contributed by atoms with E-state index in [4.69, 9.17) is 9.47 Å². The van der Waals surface area contributed by atoms with Crippen LogP contribution in [0.1, 0.15) is 20.1 Å². The number of hydrogen-bond acceptors (Lipinski definition) is 6. The second-order valence-electron chi connectivity index (χ2n) is 5.07. The van der Waals surface area contributed by atoms with Crippen LogP contribution in [0.25, 0.3) is 0 Å². The standard InChI is InChI=1S/C12H15FN2O6/c1-12(2)20-5-6(16)9(21-12)8(18)10(13)15-4-3-7(17)14-11(15)19/h3-4,8-10,18H,5H2,1-2H3,(H,14,17,19)/t8-,9-,10-/m1/s1. The molecule has 2 N–H and O–H groups in total. The third kappa shape index (κ3) is 3.26. The van der Waals surface area contributed by atoms with Gasteiger partial charge >= 0.3 is 5.69 Å². The Morgan fingerprint density at radius 2 is 2.14 bits per heavy atom. The van der Waals surface area contributed by atoms with Crippen LogP contribution in [-0.2, 0) is 14.3 Å². The largest absolute Gasteiger partial charge is 0.385 e. The van der Waals surface area contributed by atoms with E-state index in [1.165, 1.54) is 13.8 Å². The van der Waals surface area contributed by atoms with Gasteiger partial charge in [-0.05, 0) is 13.8 Å². The zero-order valence-corrected chi connectivity index (χ0v) is 11.4. The van der Waals surface area contributed by atoms with E-state index in [2.05, 4.69) is 0 Å². The number of alkyl halides is 1. The van der Waals surface area contributed by atoms with E-state index in [0.29, 0.717) is 4.57 Å². The minimum atomic E-state index is -2.25. The third-order valence-corrected chi connectivity index (χ3v) is 3.00. The van der Waals surface area contributed by atoms with Gasteiger partial charge in [-0.25, -0.2) is 9.18 Å². The molecule has 2 heterocycles. The first-order chi connectivity index (χ1) is 9.71. The minimum Gasteiger partial charge on any atom is -0.385 e. The summed E-state index contributed by atoms with van der Waals surface area (Å²) in [6, 6.07) is 0.928. The van der Waals surface area contributed by atoms with Crippen molar-refractivity contribution in [2.45, 2.75) is 38.1 Å². The van der Waals surface area contributed by atoms with Gasteiger partial charge < -0.3 is 14.6 Å². The summed E-state index contributed by atoms with van der Waals surface area (Å²) < 4.78 is 25.0. The Morgan fingerprint density at radius 3 is 2.76 bits per heavy atom. The Kier molecular flexibility index (Phi) is 4.08. The van der Waals surface area contributed by atoms with E-state index in [-0.39, 0.29) is 6.61 Å². The zero-order valence-electron chi connectivity index (χ0n) is 11.4. The van der Waals surface area contributed by atoms with E-state index in [0.717, 1.165) is 12.3 Å². The number of aromatic nitrogens is 2. The van der Waals surface area contributed by atoms with Crippen LogP contribution in [0.5, 0.6) is 0 Å². The molecule has 0 aromatic carbocycles. The number of carbonyl (C=O) groups is 1. The highest BCUT2D eigenvalue weighted by atomic mass is 19.1. The van der Waals surface area contributed by atoms with Crippen molar-refractivity contribution in [2.24, 2.45) is 0 Å². The molecule has 2 rings (SSSR count). The van der Waals surface area contributed by atoms with Gasteiger partial charge in [0.25, 0.3) is 5.56 Å². The van der Waals surface area contributed by atoms with Crippen LogP contribution in [0, 0.1) is 0 Å². The number of aliphatic hydroxyl groups excluding tert-OH is 1. The molecule has 8 nitrogen and oxygen atoms in total. The van der Waals surface area contributed by atoms with Crippen molar-refractivity contribution in [1.82, 2.24) is 9.55 Å². The van der Waals surface area contributed by atoms with Crippen molar-refractivity contribution in [2.75, 3.05) is 6.61 Å². The molecule has 3 atom stereocenters. The van der Waals surface area contributed by atoms with Gasteiger partial charge in [0.15, 0.2) is 17.7 Å². The highest BCUT2D eigenvalue weighted by Gasteiger charge is 2.43. The Bertz CT molecular complexity index is 652. The lowest BCUT2D eigenvalue weighted by atomic mass is 10.1. The first kappa shape index (κ1) is 15.5. The van der Waals surface area contributed by atoms with Crippen LogP contribution < -0.4 is 11.2 Å². The normalized spacial score (nSPS) is 24.6. The van der Waals surface area contributed by atoms with Crippen molar-refractivity contribution in [1.29, 1.82) is 0 Å². The van der Waals surface area contributed by atoms with E-state index < -0.39 is 41.3 Å². The van der Waals surface area contributed by atoms with Gasteiger partial charge in [-0.3, -0.25) is 19.1 Å². The van der Waals surface area contributed by atoms with Crippen molar-refractivity contribution < 1.29 is 23.8 Å². The second kappa shape index (κ2) is 5.51. The molecule has 0 bridgehead atoms. The van der Waals surface area contributed by atoms with E-state index in [1.807, 2.05) is 4.98 Å². The maximum atomic E-state index is 14.2. The van der Waals surface area contributed by atoms with Gasteiger partial charge in [-0.2, -0.15) is 0 Å². The predicted octanol–water partition coefficient (Wildman–Crippen LogP) is -0.914. The van der Waals surface area contributed by atoms with Crippen LogP contribution >= 0.6 is 0 Å². The molecular weight excluding hydrogens is 287 g/mol. The fourth-order valence-electron chi connectivity index (χ4n) is 1.92. The molecule has 1 aliphatic heterocycles. The Labute approximate surface area is 118 Å². The Hall–Kier alpha value is -1.84. The molecule has 0 unspecified atom stereocenters. The first-order valence-electron chi connectivity index (χ1n) is 6.19. The van der Waals surface area contributed by atoms with Gasteiger partial charge in [0, 0.05) is 12.3 Å². The van der Waals surface area contributed by atoms with Crippen LogP contribution in [0.3, 0.4) is 0 Å². The number of nitrogens with one attached hydrogen (secondary N) is 1. The highest BCUT2D eigenvalue weighted by molar-refractivity contribution is 5.85. The number of H-pyrrole nitrogens is 1. The number of Topliss-reactive ketones (excluding diaryl/α,β-unsaturated/α-hetero) is 1. The molecule has 1 aliphatic rings. The molecule has 9 heteroatoms. The maximum absolute atomic E-state index is 14.2. The van der Waals surface area contributed by atoms with Gasteiger partial charge in [0.1, 0.15) is 12.7 Å². The topological polar surface area (TPSA) is 111 Å². The number of nitrogens with zero attached hydrogens (tertiary/aromatic N) is 1. The van der Waals surface area contributed by atoms with Gasteiger partial charge in [0.2, 0.25) is 6.30 Å². The van der Waals surface area contributed by atoms with Crippen LogP contribution in [0.4, 0.5) is 4.39 Å². The summed E-state index contributed by atoms with van der Waals surface area (Å²) in [5.41, 5.74) is -1.73. The van der Waals surface area contributed by atoms with Crippen LogP contribution in [0.15, 0.2) is 21.9 Å². The Balaban J connectivity index is 2.25. The van der Waals surface area contributed by atoms with Gasteiger partial charge in [-0.1, -0.05) is 0 Å². The molecule has 0 radical (unpaired) electrons. The quantitative estimate of drug-likeness (QED) is 0.747. The molecule has 0 amide bonds. The lowest BCUT2D eigenvalue weighted by molar-refractivity contribution is -0.276. The summed E-state index contributed by atoms with van der Waals surface area (Å²) in [6.45, 7) is 2.69. The monoisotopic (exact) mass is 302 g/mol. The molecular formula is C12H15FN2O6. The SMILES string of the molecule is CC1(C)OCC(=O)[C@H]([C@@H](O)[C@H](F)n2ccc(=O)[nH]c2=O)O1. The van der Waals surface area contributed by atoms with Crippen molar-refractivity contribution in [3.05, 3.63) is 33.1 Å². The summed E-state index contributed by atoms with van der Waals surface area (Å²) in [6.07, 6.45) is -4.74. The van der Waals surface area contributed by atoms with Gasteiger partial charge in [-0.15, -0.1) is 0 Å². The second-order valence-corrected chi connectivity index (χ2v) is 5.07. The summed E-state index contributed by atoms with van der Waals surface area (Å²) in [7, 11) is 0. The summed E-state index contributed by atoms with van der Waals surface area (Å²) in [4.78, 5) is 35.9. The molecule has 1 aromatic heterocycles. The van der Waals surface area contributed by atoms with Crippen LogP contribution in [-0.4, -0.2) is 45.0 Å². The fraction of sp³-hybridized carbons (Fsp3) is 0.583. The maximum Gasteiger partial charge on any atom is 0.330 e. The number of aliphatic hydroxyl groups is 1. The number of carbonyl (C=O) groups excluding carboxylic acids is 1. The average molecular weight is 302 g/mol. The number of halogens is 1. The molecule has 1 fully saturated rings. The highest BCUT2D eigenvalue weighted by Crippen LogP contribution is 2.26. The molecule has 0 saturated carbocycles. The van der Waals surface area contributed by atoms with E-state index in [9.17, 15) is 23.9 Å². The van der Waals surface area contributed by atoms with Crippen molar-refractivity contribution in [3.8, 4) is 0 Å².